The molecule has 0 heterocycles. The maximum absolute atomic E-state index is 5.99. The Labute approximate surface area is 121 Å². The molecule has 0 aliphatic rings. The number of alkyl halides is 1. The highest BCUT2D eigenvalue weighted by atomic mass is 79.9. The molecule has 0 radical (unpaired) electrons. The van der Waals surface area contributed by atoms with E-state index in [0.29, 0.717) is 0 Å². The molecule has 3 heteroatoms. The summed E-state index contributed by atoms with van der Waals surface area (Å²) in [5, 5.41) is 0.776. The molecule has 2 rings (SSSR count). The molecular formula is C15H14BrClO. The standard InChI is InChI=1S/C15H14BrClO/c1-18-14-7-3-5-12(10-14)15(16)9-11-4-2-6-13(17)8-11/h2-8,10,15H,9H2,1H3. The molecule has 2 aromatic rings. The second-order valence-corrected chi connectivity index (χ2v) is 5.62. The van der Waals surface area contributed by atoms with Crippen molar-refractivity contribution in [3.05, 3.63) is 64.7 Å². The van der Waals surface area contributed by atoms with Gasteiger partial charge in [0.05, 0.1) is 7.11 Å². The van der Waals surface area contributed by atoms with Crippen molar-refractivity contribution in [3.8, 4) is 5.75 Å². The summed E-state index contributed by atoms with van der Waals surface area (Å²) in [6.45, 7) is 0. The first-order valence-electron chi connectivity index (χ1n) is 5.71. The second kappa shape index (κ2) is 6.26. The van der Waals surface area contributed by atoms with Crippen LogP contribution in [0.15, 0.2) is 48.5 Å². The van der Waals surface area contributed by atoms with E-state index in [9.17, 15) is 0 Å². The van der Waals surface area contributed by atoms with Gasteiger partial charge in [0.15, 0.2) is 0 Å². The van der Waals surface area contributed by atoms with Crippen molar-refractivity contribution in [1.29, 1.82) is 0 Å². The van der Waals surface area contributed by atoms with Crippen molar-refractivity contribution < 1.29 is 4.74 Å². The zero-order valence-corrected chi connectivity index (χ0v) is 12.4. The van der Waals surface area contributed by atoms with Crippen molar-refractivity contribution in [3.63, 3.8) is 0 Å². The highest BCUT2D eigenvalue weighted by Crippen LogP contribution is 2.29. The third-order valence-corrected chi connectivity index (χ3v) is 3.85. The Kier molecular flexibility index (Phi) is 4.67. The molecule has 0 bridgehead atoms. The summed E-state index contributed by atoms with van der Waals surface area (Å²) < 4.78 is 5.23. The fraction of sp³-hybridized carbons (Fsp3) is 0.200. The quantitative estimate of drug-likeness (QED) is 0.717. The molecule has 1 nitrogen and oxygen atoms in total. The second-order valence-electron chi connectivity index (χ2n) is 4.08. The third-order valence-electron chi connectivity index (χ3n) is 2.76. The molecular weight excluding hydrogens is 312 g/mol. The molecule has 18 heavy (non-hydrogen) atoms. The van der Waals surface area contributed by atoms with Gasteiger partial charge in [0.1, 0.15) is 5.75 Å². The third kappa shape index (κ3) is 3.50. The lowest BCUT2D eigenvalue weighted by atomic mass is 10.0. The molecule has 94 valence electrons. The van der Waals surface area contributed by atoms with E-state index in [1.807, 2.05) is 36.4 Å². The van der Waals surface area contributed by atoms with Crippen molar-refractivity contribution in [2.45, 2.75) is 11.2 Å². The molecule has 0 spiro atoms. The Morgan fingerprint density at radius 1 is 1.17 bits per heavy atom. The van der Waals surface area contributed by atoms with Gasteiger partial charge in [-0.05, 0) is 41.8 Å². The van der Waals surface area contributed by atoms with Crippen LogP contribution in [0.2, 0.25) is 5.02 Å². The van der Waals surface area contributed by atoms with Crippen LogP contribution >= 0.6 is 27.5 Å². The maximum atomic E-state index is 5.99. The van der Waals surface area contributed by atoms with Gasteiger partial charge in [0.25, 0.3) is 0 Å². The predicted molar refractivity (Wildman–Crippen MR) is 79.8 cm³/mol. The first-order valence-corrected chi connectivity index (χ1v) is 7.01. The Morgan fingerprint density at radius 3 is 2.67 bits per heavy atom. The molecule has 0 aromatic heterocycles. The van der Waals surface area contributed by atoms with Gasteiger partial charge in [0, 0.05) is 9.85 Å². The van der Waals surface area contributed by atoms with Crippen molar-refractivity contribution in [2.24, 2.45) is 0 Å². The Balaban J connectivity index is 2.13. The molecule has 0 saturated heterocycles. The van der Waals surface area contributed by atoms with Crippen LogP contribution in [0.25, 0.3) is 0 Å². The normalized spacial score (nSPS) is 12.2. The molecule has 0 aliphatic carbocycles. The van der Waals surface area contributed by atoms with Gasteiger partial charge in [-0.3, -0.25) is 0 Å². The molecule has 0 N–H and O–H groups in total. The Hall–Kier alpha value is -0.990. The molecule has 1 atom stereocenters. The lowest BCUT2D eigenvalue weighted by Crippen LogP contribution is -1.96. The fourth-order valence-electron chi connectivity index (χ4n) is 1.83. The van der Waals surface area contributed by atoms with E-state index < -0.39 is 0 Å². The highest BCUT2D eigenvalue weighted by Gasteiger charge is 2.09. The fourth-order valence-corrected chi connectivity index (χ4v) is 2.70. The summed E-state index contributed by atoms with van der Waals surface area (Å²) in [6, 6.07) is 16.0. The van der Waals surface area contributed by atoms with Gasteiger partial charge in [-0.15, -0.1) is 0 Å². The van der Waals surface area contributed by atoms with Crippen molar-refractivity contribution in [1.82, 2.24) is 0 Å². The topological polar surface area (TPSA) is 9.23 Å². The molecule has 0 amide bonds. The van der Waals surface area contributed by atoms with Gasteiger partial charge in [0.2, 0.25) is 0 Å². The van der Waals surface area contributed by atoms with E-state index in [1.54, 1.807) is 7.11 Å². The van der Waals surface area contributed by atoms with Crippen molar-refractivity contribution >= 4 is 27.5 Å². The SMILES string of the molecule is COc1cccc(C(Br)Cc2cccc(Cl)c2)c1. The lowest BCUT2D eigenvalue weighted by molar-refractivity contribution is 0.414. The maximum Gasteiger partial charge on any atom is 0.119 e. The predicted octanol–water partition coefficient (Wildman–Crippen LogP) is 5.03. The highest BCUT2D eigenvalue weighted by molar-refractivity contribution is 9.09. The molecule has 0 aliphatic heterocycles. The number of rotatable bonds is 4. The number of ether oxygens (including phenoxy) is 1. The van der Waals surface area contributed by atoms with E-state index in [2.05, 4.69) is 28.1 Å². The van der Waals surface area contributed by atoms with Crippen LogP contribution < -0.4 is 4.74 Å². The molecule has 0 fully saturated rings. The average molecular weight is 326 g/mol. The summed E-state index contributed by atoms with van der Waals surface area (Å²) in [5.74, 6) is 0.878. The van der Waals surface area contributed by atoms with Gasteiger partial charge >= 0.3 is 0 Å². The van der Waals surface area contributed by atoms with Crippen LogP contribution in [0.5, 0.6) is 5.75 Å². The first kappa shape index (κ1) is 13.4. The minimum Gasteiger partial charge on any atom is -0.497 e. The summed E-state index contributed by atoms with van der Waals surface area (Å²) in [5.41, 5.74) is 2.42. The van der Waals surface area contributed by atoms with E-state index in [-0.39, 0.29) is 4.83 Å². The van der Waals surface area contributed by atoms with E-state index >= 15 is 0 Å². The average Bonchev–Trinajstić information content (AvgIpc) is 2.39. The van der Waals surface area contributed by atoms with Crippen LogP contribution in [0.1, 0.15) is 16.0 Å². The van der Waals surface area contributed by atoms with Gasteiger partial charge in [-0.2, -0.15) is 0 Å². The number of methoxy groups -OCH3 is 1. The van der Waals surface area contributed by atoms with E-state index in [0.717, 1.165) is 17.2 Å². The number of hydrogen-bond acceptors (Lipinski definition) is 1. The van der Waals surface area contributed by atoms with Crippen LogP contribution in [-0.4, -0.2) is 7.11 Å². The van der Waals surface area contributed by atoms with Crippen molar-refractivity contribution in [2.75, 3.05) is 7.11 Å². The molecule has 0 saturated carbocycles. The number of halogens is 2. The van der Waals surface area contributed by atoms with Crippen LogP contribution in [0.3, 0.4) is 0 Å². The zero-order chi connectivity index (χ0) is 13.0. The minimum absolute atomic E-state index is 0.256. The smallest absolute Gasteiger partial charge is 0.119 e. The summed E-state index contributed by atoms with van der Waals surface area (Å²) in [7, 11) is 1.68. The Morgan fingerprint density at radius 2 is 1.94 bits per heavy atom. The van der Waals surface area contributed by atoms with Gasteiger partial charge in [-0.1, -0.05) is 51.8 Å². The summed E-state index contributed by atoms with van der Waals surface area (Å²) >= 11 is 9.70. The summed E-state index contributed by atoms with van der Waals surface area (Å²) in [6.07, 6.45) is 0.897. The van der Waals surface area contributed by atoms with Crippen LogP contribution in [0, 0.1) is 0 Å². The van der Waals surface area contributed by atoms with E-state index in [4.69, 9.17) is 16.3 Å². The van der Waals surface area contributed by atoms with Crippen LogP contribution in [0.4, 0.5) is 0 Å². The largest absolute Gasteiger partial charge is 0.497 e. The zero-order valence-electron chi connectivity index (χ0n) is 10.1. The molecule has 1 unspecified atom stereocenters. The van der Waals surface area contributed by atoms with Crippen LogP contribution in [-0.2, 0) is 6.42 Å². The minimum atomic E-state index is 0.256. The first-order chi connectivity index (χ1) is 8.69. The summed E-state index contributed by atoms with van der Waals surface area (Å²) in [4.78, 5) is 0.256. The molecule has 2 aromatic carbocycles. The van der Waals surface area contributed by atoms with E-state index in [1.165, 1.54) is 11.1 Å². The number of hydrogen-bond donors (Lipinski definition) is 0. The monoisotopic (exact) mass is 324 g/mol. The Bertz CT molecular complexity index is 527. The van der Waals surface area contributed by atoms with Gasteiger partial charge in [-0.25, -0.2) is 0 Å². The van der Waals surface area contributed by atoms with Gasteiger partial charge < -0.3 is 4.74 Å². The number of benzene rings is 2. The lowest BCUT2D eigenvalue weighted by Gasteiger charge is -2.11.